The number of nitrogens with zero attached hydrogens (tertiary/aromatic N) is 3. The van der Waals surface area contributed by atoms with Gasteiger partial charge in [-0.1, -0.05) is 42.8 Å². The van der Waals surface area contributed by atoms with E-state index in [4.69, 9.17) is 21.1 Å². The Morgan fingerprint density at radius 2 is 1.71 bits per heavy atom. The average molecular weight is 731 g/mol. The number of carbonyl (C=O) groups is 4. The fraction of sp³-hybridized carbons (Fsp3) is 0.410. The summed E-state index contributed by atoms with van der Waals surface area (Å²) in [5.74, 6) is -0.962. The van der Waals surface area contributed by atoms with Crippen molar-refractivity contribution in [2.45, 2.75) is 78.6 Å². The summed E-state index contributed by atoms with van der Waals surface area (Å²) in [4.78, 5) is 62.8. The van der Waals surface area contributed by atoms with Crippen molar-refractivity contribution in [3.8, 4) is 11.1 Å². The lowest BCUT2D eigenvalue weighted by atomic mass is 10.0. The van der Waals surface area contributed by atoms with Crippen molar-refractivity contribution in [2.24, 2.45) is 0 Å². The smallest absolute Gasteiger partial charge is 0.408 e. The van der Waals surface area contributed by atoms with Crippen LogP contribution in [0.3, 0.4) is 0 Å². The molecule has 0 aliphatic carbocycles. The van der Waals surface area contributed by atoms with Crippen LogP contribution in [0.25, 0.3) is 22.2 Å². The topological polar surface area (TPSA) is 146 Å². The number of alkyl carbamates (subject to hydrolysis) is 1. The first-order chi connectivity index (χ1) is 24.5. The second-order valence-corrected chi connectivity index (χ2v) is 15.2. The van der Waals surface area contributed by atoms with Crippen molar-refractivity contribution in [3.05, 3.63) is 77.1 Å². The molecule has 0 spiro atoms. The Hall–Kier alpha value is -5.10. The maximum atomic E-state index is 13.3. The van der Waals surface area contributed by atoms with Gasteiger partial charge < -0.3 is 34.9 Å². The zero-order valence-electron chi connectivity index (χ0n) is 30.8. The largest absolute Gasteiger partial charge is 0.458 e. The molecule has 276 valence electrons. The number of halogens is 1. The van der Waals surface area contributed by atoms with Gasteiger partial charge in [-0.3, -0.25) is 9.59 Å². The lowest BCUT2D eigenvalue weighted by molar-refractivity contribution is -0.157. The monoisotopic (exact) mass is 730 g/mol. The Morgan fingerprint density at radius 1 is 1.00 bits per heavy atom. The zero-order valence-corrected chi connectivity index (χ0v) is 31.5. The van der Waals surface area contributed by atoms with E-state index in [1.807, 2.05) is 30.5 Å². The summed E-state index contributed by atoms with van der Waals surface area (Å²) in [5.41, 5.74) is 4.17. The maximum absolute atomic E-state index is 13.3. The van der Waals surface area contributed by atoms with Crippen LogP contribution in [-0.2, 0) is 36.7 Å². The number of aromatic nitrogens is 2. The molecule has 52 heavy (non-hydrogen) atoms. The molecular formula is C39H47ClN6O6. The van der Waals surface area contributed by atoms with Gasteiger partial charge in [0, 0.05) is 54.2 Å². The number of aryl methyl sites for hydroxylation is 1. The van der Waals surface area contributed by atoms with Gasteiger partial charge >= 0.3 is 12.1 Å². The summed E-state index contributed by atoms with van der Waals surface area (Å²) in [6, 6.07) is 13.9. The van der Waals surface area contributed by atoms with Crippen LogP contribution in [0.5, 0.6) is 0 Å². The summed E-state index contributed by atoms with van der Waals surface area (Å²) >= 11 is 6.86. The molecule has 1 atom stereocenters. The van der Waals surface area contributed by atoms with Gasteiger partial charge in [0.25, 0.3) is 0 Å². The lowest BCUT2D eigenvalue weighted by Gasteiger charge is -2.34. The number of hydrogen-bond acceptors (Lipinski definition) is 8. The van der Waals surface area contributed by atoms with Crippen molar-refractivity contribution in [3.63, 3.8) is 0 Å². The van der Waals surface area contributed by atoms with Crippen molar-refractivity contribution in [2.75, 3.05) is 36.4 Å². The molecule has 3 amide bonds. The van der Waals surface area contributed by atoms with Gasteiger partial charge in [-0.05, 0) is 88.9 Å². The van der Waals surface area contributed by atoms with Gasteiger partial charge in [0.15, 0.2) is 0 Å². The van der Waals surface area contributed by atoms with Gasteiger partial charge in [0.05, 0.1) is 11.6 Å². The number of hydrogen-bond donors (Lipinski definition) is 3. The summed E-state index contributed by atoms with van der Waals surface area (Å²) in [5, 5.41) is 7.27. The molecular weight excluding hydrogens is 684 g/mol. The summed E-state index contributed by atoms with van der Waals surface area (Å²) in [6.45, 7) is 13.2. The Morgan fingerprint density at radius 3 is 2.37 bits per heavy atom. The van der Waals surface area contributed by atoms with Crippen molar-refractivity contribution < 1.29 is 28.7 Å². The summed E-state index contributed by atoms with van der Waals surface area (Å²) in [7, 11) is 0. The van der Waals surface area contributed by atoms with E-state index in [0.717, 1.165) is 45.4 Å². The molecule has 0 saturated carbocycles. The number of benzene rings is 2. The van der Waals surface area contributed by atoms with Gasteiger partial charge in [-0.15, -0.1) is 0 Å². The molecule has 4 aromatic rings. The Labute approximate surface area is 309 Å². The SMILES string of the molecule is CCc1c[nH]c2ncc(-c3cccc(N4CCN(C(=O)CNc5ccc(C[C@@H](NC(=O)OC(C)(C)C)C(=O)OC(C)(C)C)cc5)CC4=O)c3)c(Cl)c12. The van der Waals surface area contributed by atoms with E-state index in [0.29, 0.717) is 23.8 Å². The molecule has 3 heterocycles. The second-order valence-electron chi connectivity index (χ2n) is 14.8. The second kappa shape index (κ2) is 15.6. The van der Waals surface area contributed by atoms with Crippen LogP contribution in [0.1, 0.15) is 59.6 Å². The molecule has 0 bridgehead atoms. The van der Waals surface area contributed by atoms with Crippen LogP contribution in [0.2, 0.25) is 5.02 Å². The zero-order chi connectivity index (χ0) is 37.8. The van der Waals surface area contributed by atoms with Crippen molar-refractivity contribution in [1.29, 1.82) is 0 Å². The number of ether oxygens (including phenoxy) is 2. The third-order valence-corrected chi connectivity index (χ3v) is 8.76. The van der Waals surface area contributed by atoms with E-state index < -0.39 is 29.3 Å². The van der Waals surface area contributed by atoms with E-state index in [9.17, 15) is 19.2 Å². The fourth-order valence-electron chi connectivity index (χ4n) is 5.90. The predicted octanol–water partition coefficient (Wildman–Crippen LogP) is 6.51. The molecule has 13 heteroatoms. The standard InChI is InChI=1S/C39H47ClN6O6/c1-8-25-20-42-35-33(25)34(40)29(21-43-35)26-10-9-11-28(19-26)46-17-16-45(23-32(46)48)31(47)22-41-27-14-12-24(13-15-27)18-30(36(49)51-38(2,3)4)44-37(50)52-39(5,6)7/h9-15,19-21,30,41H,8,16-18,22-23H2,1-7H3,(H,42,43)(H,44,50)/t30-/m1/s1. The van der Waals surface area contributed by atoms with E-state index >= 15 is 0 Å². The molecule has 1 aliphatic rings. The molecule has 1 fully saturated rings. The number of anilines is 2. The third kappa shape index (κ3) is 9.61. The minimum absolute atomic E-state index is 0.00424. The lowest BCUT2D eigenvalue weighted by Crippen LogP contribution is -2.53. The number of esters is 1. The first kappa shape index (κ1) is 38.1. The average Bonchev–Trinajstić information content (AvgIpc) is 3.50. The molecule has 1 saturated heterocycles. The highest BCUT2D eigenvalue weighted by Gasteiger charge is 2.30. The quantitative estimate of drug-likeness (QED) is 0.157. The van der Waals surface area contributed by atoms with Crippen LogP contribution in [0, 0.1) is 0 Å². The normalized spacial score (nSPS) is 14.3. The predicted molar refractivity (Wildman–Crippen MR) is 202 cm³/mol. The Bertz CT molecular complexity index is 1950. The molecule has 2 aromatic heterocycles. The third-order valence-electron chi connectivity index (χ3n) is 8.36. The molecule has 1 aliphatic heterocycles. The number of H-pyrrole nitrogens is 1. The Balaban J connectivity index is 1.17. The minimum Gasteiger partial charge on any atom is -0.458 e. The van der Waals surface area contributed by atoms with Crippen LogP contribution in [0.15, 0.2) is 60.9 Å². The summed E-state index contributed by atoms with van der Waals surface area (Å²) < 4.78 is 10.9. The van der Waals surface area contributed by atoms with E-state index in [1.54, 1.807) is 81.8 Å². The number of rotatable bonds is 10. The molecule has 2 aromatic carbocycles. The van der Waals surface area contributed by atoms with Crippen LogP contribution < -0.4 is 15.5 Å². The molecule has 12 nitrogen and oxygen atoms in total. The number of aromatic amines is 1. The van der Waals surface area contributed by atoms with E-state index in [1.165, 1.54) is 0 Å². The van der Waals surface area contributed by atoms with Gasteiger partial charge in [0.1, 0.15) is 29.4 Å². The van der Waals surface area contributed by atoms with Gasteiger partial charge in [-0.25, -0.2) is 14.6 Å². The highest BCUT2D eigenvalue weighted by atomic mass is 35.5. The van der Waals surface area contributed by atoms with Crippen LogP contribution >= 0.6 is 11.6 Å². The molecule has 3 N–H and O–H groups in total. The molecule has 0 unspecified atom stereocenters. The van der Waals surface area contributed by atoms with Crippen LogP contribution in [0.4, 0.5) is 16.2 Å². The number of nitrogens with one attached hydrogen (secondary N) is 3. The number of carbonyl (C=O) groups excluding carboxylic acids is 4. The van der Waals surface area contributed by atoms with E-state index in [-0.39, 0.29) is 31.3 Å². The first-order valence-electron chi connectivity index (χ1n) is 17.4. The number of pyridine rings is 1. The van der Waals surface area contributed by atoms with Crippen molar-refractivity contribution >= 4 is 57.9 Å². The Kier molecular flexibility index (Phi) is 11.5. The highest BCUT2D eigenvalue weighted by Crippen LogP contribution is 2.36. The number of amides is 3. The molecule has 0 radical (unpaired) electrons. The highest BCUT2D eigenvalue weighted by molar-refractivity contribution is 6.38. The van der Waals surface area contributed by atoms with Crippen molar-refractivity contribution in [1.82, 2.24) is 20.2 Å². The van der Waals surface area contributed by atoms with Gasteiger partial charge in [0.2, 0.25) is 11.8 Å². The number of piperazine rings is 1. The van der Waals surface area contributed by atoms with Crippen LogP contribution in [-0.4, -0.2) is 82.2 Å². The fourth-order valence-corrected chi connectivity index (χ4v) is 6.27. The maximum Gasteiger partial charge on any atom is 0.408 e. The minimum atomic E-state index is -0.967. The molecule has 5 rings (SSSR count). The number of fused-ring (bicyclic) bond motifs is 1. The van der Waals surface area contributed by atoms with E-state index in [2.05, 4.69) is 27.5 Å². The first-order valence-corrected chi connectivity index (χ1v) is 17.8. The summed E-state index contributed by atoms with van der Waals surface area (Å²) in [6.07, 6.45) is 3.94. The van der Waals surface area contributed by atoms with Gasteiger partial charge in [-0.2, -0.15) is 0 Å².